The second kappa shape index (κ2) is 7.32. The average Bonchev–Trinajstić information content (AvgIpc) is 2.62. The minimum atomic E-state index is -1.47. The molecule has 2 heterocycles. The third kappa shape index (κ3) is 4.14. The van der Waals surface area contributed by atoms with E-state index in [2.05, 4.69) is 16.4 Å². The Morgan fingerprint density at radius 3 is 2.88 bits per heavy atom. The molecule has 1 N–H and O–H groups in total. The number of nitrogens with zero attached hydrogens (tertiary/aromatic N) is 3. The van der Waals surface area contributed by atoms with E-state index in [-0.39, 0.29) is 5.82 Å². The molecule has 0 aliphatic carbocycles. The van der Waals surface area contributed by atoms with Gasteiger partial charge >= 0.3 is 0 Å². The molecule has 0 amide bonds. The van der Waals surface area contributed by atoms with Crippen molar-refractivity contribution in [2.75, 3.05) is 5.32 Å². The van der Waals surface area contributed by atoms with Gasteiger partial charge in [0.15, 0.2) is 0 Å². The molecule has 3 rings (SSSR count). The van der Waals surface area contributed by atoms with Crippen LogP contribution in [0.25, 0.3) is 5.57 Å². The topological polar surface area (TPSA) is 52.0 Å². The molecule has 1 aromatic carbocycles. The van der Waals surface area contributed by atoms with Crippen LogP contribution in [0.1, 0.15) is 16.8 Å². The highest BCUT2D eigenvalue weighted by Crippen LogP contribution is 2.25. The Bertz CT molecular complexity index is 889. The molecule has 4 nitrogen and oxygen atoms in total. The summed E-state index contributed by atoms with van der Waals surface area (Å²) in [5.41, 5.74) is 2.09. The first-order valence-electron chi connectivity index (χ1n) is 7.44. The van der Waals surface area contributed by atoms with Gasteiger partial charge in [-0.1, -0.05) is 12.1 Å². The average molecular weight is 359 g/mol. The van der Waals surface area contributed by atoms with Crippen LogP contribution in [-0.4, -0.2) is 15.7 Å². The van der Waals surface area contributed by atoms with Gasteiger partial charge in [0.1, 0.15) is 11.6 Å². The fourth-order valence-electron chi connectivity index (χ4n) is 2.35. The lowest BCUT2D eigenvalue weighted by atomic mass is 10.1. The number of alkyl halides is 1. The summed E-state index contributed by atoms with van der Waals surface area (Å²) in [4.78, 5) is 4.40. The SMILES string of the molecule is N#Cc1cc(NCc2cccc(F)c2)nc(C2=CC(F)N(Cl)C=C2)c1. The molecule has 2 aromatic rings. The van der Waals surface area contributed by atoms with E-state index in [0.717, 1.165) is 9.98 Å². The van der Waals surface area contributed by atoms with E-state index >= 15 is 0 Å². The normalized spacial score (nSPS) is 16.3. The minimum absolute atomic E-state index is 0.323. The van der Waals surface area contributed by atoms with Crippen molar-refractivity contribution in [2.45, 2.75) is 12.8 Å². The van der Waals surface area contributed by atoms with Gasteiger partial charge in [-0.25, -0.2) is 13.8 Å². The predicted octanol–water partition coefficient (Wildman–Crippen LogP) is 4.37. The largest absolute Gasteiger partial charge is 0.366 e. The number of nitrogens with one attached hydrogen (secondary N) is 1. The highest BCUT2D eigenvalue weighted by molar-refractivity contribution is 6.14. The Hall–Kier alpha value is -2.91. The molecular weight excluding hydrogens is 346 g/mol. The van der Waals surface area contributed by atoms with Crippen LogP contribution in [-0.2, 0) is 6.54 Å². The molecule has 7 heteroatoms. The fourth-order valence-corrected chi connectivity index (χ4v) is 2.47. The summed E-state index contributed by atoms with van der Waals surface area (Å²) < 4.78 is 27.9. The number of allylic oxidation sites excluding steroid dienone is 2. The van der Waals surface area contributed by atoms with Crippen molar-refractivity contribution in [3.63, 3.8) is 0 Å². The van der Waals surface area contributed by atoms with Crippen molar-refractivity contribution in [2.24, 2.45) is 0 Å². The van der Waals surface area contributed by atoms with Crippen LogP contribution in [0.3, 0.4) is 0 Å². The number of nitriles is 1. The van der Waals surface area contributed by atoms with E-state index in [1.165, 1.54) is 24.4 Å². The fraction of sp³-hybridized carbons (Fsp3) is 0.111. The van der Waals surface area contributed by atoms with E-state index < -0.39 is 6.30 Å². The van der Waals surface area contributed by atoms with Gasteiger partial charge in [-0.2, -0.15) is 5.26 Å². The number of anilines is 1. The Morgan fingerprint density at radius 1 is 1.32 bits per heavy atom. The van der Waals surface area contributed by atoms with E-state index in [9.17, 15) is 14.0 Å². The number of rotatable bonds is 4. The molecule has 1 atom stereocenters. The van der Waals surface area contributed by atoms with E-state index in [1.54, 1.807) is 30.3 Å². The summed E-state index contributed by atoms with van der Waals surface area (Å²) in [5.74, 6) is 0.118. The van der Waals surface area contributed by atoms with E-state index in [1.807, 2.05) is 0 Å². The summed E-state index contributed by atoms with van der Waals surface area (Å²) in [6.07, 6.45) is 2.84. The van der Waals surface area contributed by atoms with Crippen LogP contribution in [0.5, 0.6) is 0 Å². The first kappa shape index (κ1) is 16.9. The molecule has 0 bridgehead atoms. The van der Waals surface area contributed by atoms with Crippen LogP contribution in [0.2, 0.25) is 0 Å². The summed E-state index contributed by atoms with van der Waals surface area (Å²) in [7, 11) is 0. The lowest BCUT2D eigenvalue weighted by Gasteiger charge is -2.19. The maximum atomic E-state index is 13.7. The molecule has 1 unspecified atom stereocenters. The molecule has 0 saturated heterocycles. The summed E-state index contributed by atoms with van der Waals surface area (Å²) >= 11 is 5.65. The molecule has 0 radical (unpaired) electrons. The maximum Gasteiger partial charge on any atom is 0.205 e. The maximum absolute atomic E-state index is 13.7. The zero-order valence-corrected chi connectivity index (χ0v) is 13.7. The van der Waals surface area contributed by atoms with Crippen molar-refractivity contribution in [3.05, 3.63) is 77.4 Å². The highest BCUT2D eigenvalue weighted by Gasteiger charge is 2.16. The van der Waals surface area contributed by atoms with E-state index in [0.29, 0.717) is 29.2 Å². The van der Waals surface area contributed by atoms with Gasteiger partial charge in [-0.3, -0.25) is 4.42 Å². The molecule has 0 saturated carbocycles. The van der Waals surface area contributed by atoms with Gasteiger partial charge < -0.3 is 5.32 Å². The zero-order valence-electron chi connectivity index (χ0n) is 13.0. The second-order valence-electron chi connectivity index (χ2n) is 5.38. The Balaban J connectivity index is 1.85. The van der Waals surface area contributed by atoms with Crippen molar-refractivity contribution < 1.29 is 8.78 Å². The number of pyridine rings is 1. The standard InChI is InChI=1S/C18H13ClF2N4/c19-25-5-4-14(9-17(25)21)16-7-13(10-22)8-18(24-16)23-11-12-2-1-3-15(20)6-12/h1-9,17H,11H2,(H,23,24). The number of hydrogen-bond acceptors (Lipinski definition) is 4. The Labute approximate surface area is 148 Å². The lowest BCUT2D eigenvalue weighted by molar-refractivity contribution is 0.270. The van der Waals surface area contributed by atoms with Gasteiger partial charge in [0.2, 0.25) is 6.30 Å². The lowest BCUT2D eigenvalue weighted by Crippen LogP contribution is -2.17. The molecule has 1 aromatic heterocycles. The van der Waals surface area contributed by atoms with Crippen molar-refractivity contribution in [3.8, 4) is 6.07 Å². The number of benzene rings is 1. The van der Waals surface area contributed by atoms with Gasteiger partial charge in [-0.15, -0.1) is 0 Å². The van der Waals surface area contributed by atoms with Crippen molar-refractivity contribution >= 4 is 23.2 Å². The number of aromatic nitrogens is 1. The first-order chi connectivity index (χ1) is 12.0. The number of halogens is 3. The van der Waals surface area contributed by atoms with Crippen molar-refractivity contribution in [1.82, 2.24) is 9.40 Å². The quantitative estimate of drug-likeness (QED) is 0.651. The molecule has 25 heavy (non-hydrogen) atoms. The van der Waals surface area contributed by atoms with Crippen LogP contribution >= 0.6 is 11.8 Å². The molecule has 0 fully saturated rings. The Morgan fingerprint density at radius 2 is 2.16 bits per heavy atom. The highest BCUT2D eigenvalue weighted by atomic mass is 35.5. The monoisotopic (exact) mass is 358 g/mol. The third-order valence-electron chi connectivity index (χ3n) is 3.56. The summed E-state index contributed by atoms with van der Waals surface area (Å²) in [5, 5.41) is 12.3. The zero-order chi connectivity index (χ0) is 17.8. The smallest absolute Gasteiger partial charge is 0.205 e. The summed E-state index contributed by atoms with van der Waals surface area (Å²) in [6.45, 7) is 0.342. The van der Waals surface area contributed by atoms with Gasteiger partial charge in [-0.05, 0) is 42.0 Å². The van der Waals surface area contributed by atoms with Crippen LogP contribution < -0.4 is 5.32 Å². The van der Waals surface area contributed by atoms with Gasteiger partial charge in [0.05, 0.1) is 17.3 Å². The minimum Gasteiger partial charge on any atom is -0.366 e. The van der Waals surface area contributed by atoms with Crippen LogP contribution in [0, 0.1) is 17.1 Å². The molecule has 1 aliphatic heterocycles. The summed E-state index contributed by atoms with van der Waals surface area (Å²) in [6, 6.07) is 11.4. The molecule has 1 aliphatic rings. The number of hydrogen-bond donors (Lipinski definition) is 1. The second-order valence-corrected chi connectivity index (χ2v) is 5.77. The van der Waals surface area contributed by atoms with E-state index in [4.69, 9.17) is 11.8 Å². The van der Waals surface area contributed by atoms with Gasteiger partial charge in [0.25, 0.3) is 0 Å². The van der Waals surface area contributed by atoms with Gasteiger partial charge in [0, 0.05) is 30.1 Å². The first-order valence-corrected chi connectivity index (χ1v) is 7.78. The molecule has 126 valence electrons. The molecule has 0 spiro atoms. The predicted molar refractivity (Wildman–Crippen MR) is 92.4 cm³/mol. The molecular formula is C18H13ClF2N4. The Kier molecular flexibility index (Phi) is 4.96. The third-order valence-corrected chi connectivity index (χ3v) is 3.86. The van der Waals surface area contributed by atoms with Crippen molar-refractivity contribution in [1.29, 1.82) is 5.26 Å². The van der Waals surface area contributed by atoms with Crippen LogP contribution in [0.4, 0.5) is 14.6 Å². The van der Waals surface area contributed by atoms with Crippen LogP contribution in [0.15, 0.2) is 54.8 Å².